The Labute approximate surface area is 152 Å². The minimum atomic E-state index is -1.55. The number of furan rings is 1. The Morgan fingerprint density at radius 3 is 2.46 bits per heavy atom. The number of hydrogen-bond donors (Lipinski definition) is 2. The molecule has 0 bridgehead atoms. The zero-order chi connectivity index (χ0) is 18.1. The van der Waals surface area contributed by atoms with E-state index in [1.54, 1.807) is 6.07 Å². The van der Waals surface area contributed by atoms with Crippen molar-refractivity contribution in [1.82, 2.24) is 0 Å². The Balaban J connectivity index is 1.92. The molecule has 0 saturated carbocycles. The van der Waals surface area contributed by atoms with E-state index in [0.29, 0.717) is 11.0 Å². The first-order valence-corrected chi connectivity index (χ1v) is 8.90. The van der Waals surface area contributed by atoms with Crippen LogP contribution in [0.25, 0.3) is 33.1 Å². The SMILES string of the molecule is CC1(C)Cc2ccc3c(oc4c(B(O)O)cccc43)c2-c2ccccc21. The fraction of sp³-hybridized carbons (Fsp3) is 0.182. The summed E-state index contributed by atoms with van der Waals surface area (Å²) in [6.45, 7) is 4.55. The largest absolute Gasteiger partial charge is 0.492 e. The van der Waals surface area contributed by atoms with E-state index in [-0.39, 0.29) is 5.41 Å². The van der Waals surface area contributed by atoms with Gasteiger partial charge in [0.15, 0.2) is 0 Å². The summed E-state index contributed by atoms with van der Waals surface area (Å²) < 4.78 is 6.25. The summed E-state index contributed by atoms with van der Waals surface area (Å²) in [5, 5.41) is 21.3. The Morgan fingerprint density at radius 2 is 1.65 bits per heavy atom. The molecule has 0 atom stereocenters. The Kier molecular flexibility index (Phi) is 3.15. The van der Waals surface area contributed by atoms with E-state index >= 15 is 0 Å². The average Bonchev–Trinajstić information content (AvgIpc) is 2.99. The maximum absolute atomic E-state index is 9.71. The lowest BCUT2D eigenvalue weighted by atomic mass is 9.70. The van der Waals surface area contributed by atoms with Crippen LogP contribution < -0.4 is 5.46 Å². The molecule has 1 aromatic heterocycles. The molecule has 0 amide bonds. The van der Waals surface area contributed by atoms with Crippen LogP contribution in [0.1, 0.15) is 25.0 Å². The van der Waals surface area contributed by atoms with Gasteiger partial charge >= 0.3 is 7.12 Å². The molecule has 0 saturated heterocycles. The van der Waals surface area contributed by atoms with Gasteiger partial charge in [-0.25, -0.2) is 0 Å². The minimum Gasteiger partial charge on any atom is -0.456 e. The summed E-state index contributed by atoms with van der Waals surface area (Å²) in [7, 11) is -1.55. The molecule has 5 rings (SSSR count). The third kappa shape index (κ3) is 2.03. The molecular formula is C22H19BO3. The van der Waals surface area contributed by atoms with E-state index in [2.05, 4.69) is 50.2 Å². The van der Waals surface area contributed by atoms with Crippen molar-refractivity contribution >= 4 is 34.5 Å². The zero-order valence-electron chi connectivity index (χ0n) is 14.8. The second-order valence-electron chi connectivity index (χ2n) is 7.78. The van der Waals surface area contributed by atoms with Gasteiger partial charge in [0.25, 0.3) is 0 Å². The topological polar surface area (TPSA) is 53.6 Å². The van der Waals surface area contributed by atoms with E-state index in [4.69, 9.17) is 4.42 Å². The zero-order valence-corrected chi connectivity index (χ0v) is 14.8. The number of rotatable bonds is 1. The molecule has 1 aliphatic rings. The summed E-state index contributed by atoms with van der Waals surface area (Å²) in [5.41, 5.74) is 6.77. The highest BCUT2D eigenvalue weighted by Crippen LogP contribution is 2.47. The average molecular weight is 342 g/mol. The molecule has 1 heterocycles. The smallest absolute Gasteiger partial charge is 0.456 e. The van der Waals surface area contributed by atoms with Crippen LogP contribution in [-0.2, 0) is 11.8 Å². The van der Waals surface area contributed by atoms with E-state index in [0.717, 1.165) is 28.3 Å². The lowest BCUT2D eigenvalue weighted by Gasteiger charge is -2.34. The van der Waals surface area contributed by atoms with E-state index in [1.807, 2.05) is 12.1 Å². The quantitative estimate of drug-likeness (QED) is 0.518. The molecule has 26 heavy (non-hydrogen) atoms. The molecule has 3 aromatic carbocycles. The number of benzene rings is 3. The van der Waals surface area contributed by atoms with Crippen LogP contribution in [0, 0.1) is 0 Å². The van der Waals surface area contributed by atoms with Gasteiger partial charge in [0.05, 0.1) is 0 Å². The lowest BCUT2D eigenvalue weighted by Crippen LogP contribution is -2.29. The van der Waals surface area contributed by atoms with Crippen LogP contribution in [0.4, 0.5) is 0 Å². The second kappa shape index (κ2) is 5.23. The number of fused-ring (bicyclic) bond motifs is 7. The van der Waals surface area contributed by atoms with Crippen molar-refractivity contribution in [1.29, 1.82) is 0 Å². The highest BCUT2D eigenvalue weighted by molar-refractivity contribution is 6.61. The Bertz CT molecular complexity index is 1170. The van der Waals surface area contributed by atoms with Gasteiger partial charge in [-0.15, -0.1) is 0 Å². The maximum atomic E-state index is 9.71. The molecule has 4 aromatic rings. The van der Waals surface area contributed by atoms with Gasteiger partial charge in [-0.05, 0) is 28.5 Å². The van der Waals surface area contributed by atoms with Crippen molar-refractivity contribution in [3.05, 3.63) is 65.7 Å². The first-order chi connectivity index (χ1) is 12.5. The summed E-state index contributed by atoms with van der Waals surface area (Å²) in [4.78, 5) is 0. The fourth-order valence-corrected chi connectivity index (χ4v) is 4.43. The van der Waals surface area contributed by atoms with Crippen molar-refractivity contribution in [2.24, 2.45) is 0 Å². The molecule has 2 N–H and O–H groups in total. The van der Waals surface area contributed by atoms with Gasteiger partial charge in [0, 0.05) is 21.8 Å². The van der Waals surface area contributed by atoms with E-state index in [1.165, 1.54) is 16.7 Å². The van der Waals surface area contributed by atoms with Crippen LogP contribution in [0.5, 0.6) is 0 Å². The van der Waals surface area contributed by atoms with Gasteiger partial charge in [-0.2, -0.15) is 0 Å². The van der Waals surface area contributed by atoms with Crippen molar-refractivity contribution in [2.75, 3.05) is 0 Å². The Hall–Kier alpha value is -2.56. The monoisotopic (exact) mass is 342 g/mol. The van der Waals surface area contributed by atoms with Crippen LogP contribution >= 0.6 is 0 Å². The molecule has 4 heteroatoms. The molecule has 0 unspecified atom stereocenters. The highest BCUT2D eigenvalue weighted by Gasteiger charge is 2.33. The van der Waals surface area contributed by atoms with Gasteiger partial charge < -0.3 is 14.5 Å². The molecule has 0 fully saturated rings. The van der Waals surface area contributed by atoms with Gasteiger partial charge in [0.2, 0.25) is 0 Å². The lowest BCUT2D eigenvalue weighted by molar-refractivity contribution is 0.425. The summed E-state index contributed by atoms with van der Waals surface area (Å²) >= 11 is 0. The standard InChI is InChI=1S/C22H19BO3/c1-22(2)12-13-10-11-15-14-7-5-9-18(23(24)25)20(14)26-21(15)19(13)16-6-3-4-8-17(16)22/h3-11,24-25H,12H2,1-2H3. The van der Waals surface area contributed by atoms with Crippen LogP contribution in [-0.4, -0.2) is 17.2 Å². The summed E-state index contributed by atoms with van der Waals surface area (Å²) in [6, 6.07) is 18.3. The predicted octanol–water partition coefficient (Wildman–Crippen LogP) is 3.77. The minimum absolute atomic E-state index is 0.0652. The van der Waals surface area contributed by atoms with E-state index in [9.17, 15) is 10.0 Å². The third-order valence-corrected chi connectivity index (χ3v) is 5.62. The Morgan fingerprint density at radius 1 is 0.885 bits per heavy atom. The molecule has 128 valence electrons. The van der Waals surface area contributed by atoms with Crippen molar-refractivity contribution in [3.8, 4) is 11.1 Å². The summed E-state index contributed by atoms with van der Waals surface area (Å²) in [6.07, 6.45) is 0.946. The van der Waals surface area contributed by atoms with Crippen LogP contribution in [0.15, 0.2) is 59.0 Å². The molecule has 0 aliphatic heterocycles. The van der Waals surface area contributed by atoms with E-state index < -0.39 is 7.12 Å². The molecule has 0 spiro atoms. The summed E-state index contributed by atoms with van der Waals surface area (Å²) in [5.74, 6) is 0. The van der Waals surface area contributed by atoms with Crippen molar-refractivity contribution in [2.45, 2.75) is 25.7 Å². The molecule has 3 nitrogen and oxygen atoms in total. The van der Waals surface area contributed by atoms with Gasteiger partial charge in [-0.1, -0.05) is 68.4 Å². The normalized spacial score (nSPS) is 15.1. The van der Waals surface area contributed by atoms with Gasteiger partial charge in [-0.3, -0.25) is 0 Å². The first-order valence-electron chi connectivity index (χ1n) is 8.90. The molecular weight excluding hydrogens is 323 g/mol. The fourth-order valence-electron chi connectivity index (χ4n) is 4.43. The second-order valence-corrected chi connectivity index (χ2v) is 7.78. The first kappa shape index (κ1) is 15.7. The van der Waals surface area contributed by atoms with Gasteiger partial charge in [0.1, 0.15) is 11.2 Å². The molecule has 0 radical (unpaired) electrons. The number of hydrogen-bond acceptors (Lipinski definition) is 3. The van der Waals surface area contributed by atoms with Crippen molar-refractivity contribution in [3.63, 3.8) is 0 Å². The number of para-hydroxylation sites is 1. The van der Waals surface area contributed by atoms with Crippen LogP contribution in [0.2, 0.25) is 0 Å². The van der Waals surface area contributed by atoms with Crippen molar-refractivity contribution < 1.29 is 14.5 Å². The maximum Gasteiger partial charge on any atom is 0.492 e. The molecule has 1 aliphatic carbocycles. The third-order valence-electron chi connectivity index (χ3n) is 5.62. The van der Waals surface area contributed by atoms with Crippen LogP contribution in [0.3, 0.4) is 0 Å². The predicted molar refractivity (Wildman–Crippen MR) is 106 cm³/mol. The highest BCUT2D eigenvalue weighted by atomic mass is 16.4.